The Balaban J connectivity index is 1.71. The molecular weight excluding hydrogens is 480 g/mol. The molecule has 4 aromatic rings. The van der Waals surface area contributed by atoms with Crippen LogP contribution in [0.3, 0.4) is 0 Å². The SMILES string of the molecule is Cc1ccc(Cl)cc1N(CC(=O)NC(c1ccccc1)c1ccccc1)S(=O)(=O)c1ccccc1. The number of anilines is 1. The van der Waals surface area contributed by atoms with Crippen LogP contribution in [0, 0.1) is 6.92 Å². The van der Waals surface area contributed by atoms with Gasteiger partial charge in [-0.3, -0.25) is 9.10 Å². The van der Waals surface area contributed by atoms with E-state index in [1.54, 1.807) is 43.3 Å². The summed E-state index contributed by atoms with van der Waals surface area (Å²) in [5.41, 5.74) is 2.82. The van der Waals surface area contributed by atoms with Crippen LogP contribution in [0.5, 0.6) is 0 Å². The number of benzene rings is 4. The minimum Gasteiger partial charge on any atom is -0.344 e. The summed E-state index contributed by atoms with van der Waals surface area (Å²) in [5.74, 6) is -0.443. The number of amides is 1. The predicted octanol–water partition coefficient (Wildman–Crippen LogP) is 5.75. The molecular formula is C28H25ClN2O3S. The fraction of sp³-hybridized carbons (Fsp3) is 0.107. The van der Waals surface area contributed by atoms with Crippen molar-refractivity contribution in [3.8, 4) is 0 Å². The average Bonchev–Trinajstić information content (AvgIpc) is 2.89. The zero-order valence-electron chi connectivity index (χ0n) is 19.1. The number of nitrogens with zero attached hydrogens (tertiary/aromatic N) is 1. The van der Waals surface area contributed by atoms with Gasteiger partial charge in [0.15, 0.2) is 0 Å². The standard InChI is InChI=1S/C28H25ClN2O3S/c1-21-17-18-24(29)19-26(21)31(35(33,34)25-15-9-4-10-16-25)20-27(32)30-28(22-11-5-2-6-12-22)23-13-7-3-8-14-23/h2-19,28H,20H2,1H3,(H,30,32). The molecule has 0 aliphatic carbocycles. The van der Waals surface area contributed by atoms with E-state index in [-0.39, 0.29) is 4.90 Å². The first kappa shape index (κ1) is 24.5. The van der Waals surface area contributed by atoms with E-state index in [1.807, 2.05) is 60.7 Å². The lowest BCUT2D eigenvalue weighted by Gasteiger charge is -2.27. The number of rotatable bonds is 8. The second kappa shape index (κ2) is 10.8. The van der Waals surface area contributed by atoms with Crippen LogP contribution < -0.4 is 9.62 Å². The summed E-state index contributed by atoms with van der Waals surface area (Å²) in [6.45, 7) is 1.38. The number of sulfonamides is 1. The number of hydrogen-bond donors (Lipinski definition) is 1. The minimum absolute atomic E-state index is 0.0924. The normalized spacial score (nSPS) is 11.3. The molecule has 4 aromatic carbocycles. The molecule has 178 valence electrons. The van der Waals surface area contributed by atoms with Crippen LogP contribution in [0.4, 0.5) is 5.69 Å². The third-order valence-corrected chi connectivity index (χ3v) is 7.64. The van der Waals surface area contributed by atoms with Crippen molar-refractivity contribution in [2.45, 2.75) is 17.9 Å². The monoisotopic (exact) mass is 504 g/mol. The van der Waals surface area contributed by atoms with E-state index < -0.39 is 28.5 Å². The molecule has 0 unspecified atom stereocenters. The molecule has 4 rings (SSSR count). The molecule has 0 spiro atoms. The largest absolute Gasteiger partial charge is 0.344 e. The summed E-state index contributed by atoms with van der Waals surface area (Å²) in [4.78, 5) is 13.5. The molecule has 5 nitrogen and oxygen atoms in total. The van der Waals surface area contributed by atoms with E-state index in [0.717, 1.165) is 15.4 Å². The Bertz CT molecular complexity index is 1360. The molecule has 0 fully saturated rings. The Morgan fingerprint density at radius 1 is 0.829 bits per heavy atom. The Morgan fingerprint density at radius 2 is 1.34 bits per heavy atom. The van der Waals surface area contributed by atoms with E-state index in [0.29, 0.717) is 16.3 Å². The van der Waals surface area contributed by atoms with Crippen molar-refractivity contribution in [3.63, 3.8) is 0 Å². The van der Waals surface area contributed by atoms with Crippen LogP contribution in [0.15, 0.2) is 114 Å². The second-order valence-electron chi connectivity index (χ2n) is 8.08. The van der Waals surface area contributed by atoms with Crippen LogP contribution in [-0.4, -0.2) is 20.9 Å². The highest BCUT2D eigenvalue weighted by Crippen LogP contribution is 2.30. The molecule has 1 N–H and O–H groups in total. The fourth-order valence-corrected chi connectivity index (χ4v) is 5.52. The van der Waals surface area contributed by atoms with Crippen molar-refractivity contribution >= 4 is 33.2 Å². The zero-order chi connectivity index (χ0) is 24.8. The number of hydrogen-bond acceptors (Lipinski definition) is 3. The summed E-state index contributed by atoms with van der Waals surface area (Å²) in [7, 11) is -4.04. The number of carbonyl (C=O) groups is 1. The van der Waals surface area contributed by atoms with Crippen LogP contribution in [0.1, 0.15) is 22.7 Å². The van der Waals surface area contributed by atoms with Gasteiger partial charge in [-0.05, 0) is 47.9 Å². The summed E-state index contributed by atoms with van der Waals surface area (Å²) in [6, 6.07) is 31.7. The van der Waals surface area contributed by atoms with Gasteiger partial charge < -0.3 is 5.32 Å². The van der Waals surface area contributed by atoms with E-state index in [4.69, 9.17) is 11.6 Å². The highest BCUT2D eigenvalue weighted by molar-refractivity contribution is 7.92. The maximum absolute atomic E-state index is 13.7. The molecule has 0 saturated heterocycles. The summed E-state index contributed by atoms with van der Waals surface area (Å²) in [6.07, 6.45) is 0. The predicted molar refractivity (Wildman–Crippen MR) is 140 cm³/mol. The number of halogens is 1. The Morgan fingerprint density at radius 3 is 1.89 bits per heavy atom. The molecule has 0 saturated carbocycles. The van der Waals surface area contributed by atoms with Crippen molar-refractivity contribution in [1.29, 1.82) is 0 Å². The fourth-order valence-electron chi connectivity index (χ4n) is 3.86. The first-order valence-electron chi connectivity index (χ1n) is 11.1. The highest BCUT2D eigenvalue weighted by Gasteiger charge is 2.29. The smallest absolute Gasteiger partial charge is 0.264 e. The van der Waals surface area contributed by atoms with Crippen molar-refractivity contribution in [1.82, 2.24) is 5.32 Å². The molecule has 0 atom stereocenters. The Kier molecular flexibility index (Phi) is 7.54. The van der Waals surface area contributed by atoms with Gasteiger partial charge in [0.25, 0.3) is 10.0 Å². The van der Waals surface area contributed by atoms with Gasteiger partial charge in [-0.1, -0.05) is 96.5 Å². The number of aryl methyl sites for hydroxylation is 1. The van der Waals surface area contributed by atoms with Crippen LogP contribution in [0.25, 0.3) is 0 Å². The summed E-state index contributed by atoms with van der Waals surface area (Å²) in [5, 5.41) is 3.41. The Labute approximate surface area is 211 Å². The lowest BCUT2D eigenvalue weighted by Crippen LogP contribution is -2.42. The van der Waals surface area contributed by atoms with Gasteiger partial charge in [-0.25, -0.2) is 8.42 Å². The van der Waals surface area contributed by atoms with Gasteiger partial charge in [0.1, 0.15) is 6.54 Å². The van der Waals surface area contributed by atoms with Crippen molar-refractivity contribution in [3.05, 3.63) is 131 Å². The quantitative estimate of drug-likeness (QED) is 0.332. The highest BCUT2D eigenvalue weighted by atomic mass is 35.5. The molecule has 0 aromatic heterocycles. The molecule has 0 heterocycles. The van der Waals surface area contributed by atoms with Crippen molar-refractivity contribution < 1.29 is 13.2 Å². The molecule has 35 heavy (non-hydrogen) atoms. The molecule has 0 bridgehead atoms. The first-order valence-corrected chi connectivity index (χ1v) is 12.9. The average molecular weight is 505 g/mol. The molecule has 7 heteroatoms. The molecule has 1 amide bonds. The van der Waals surface area contributed by atoms with Gasteiger partial charge in [-0.15, -0.1) is 0 Å². The van der Waals surface area contributed by atoms with Gasteiger partial charge >= 0.3 is 0 Å². The van der Waals surface area contributed by atoms with Gasteiger partial charge in [0.2, 0.25) is 5.91 Å². The topological polar surface area (TPSA) is 66.5 Å². The van der Waals surface area contributed by atoms with Crippen LogP contribution in [-0.2, 0) is 14.8 Å². The molecule has 0 aliphatic rings. The van der Waals surface area contributed by atoms with Crippen LogP contribution in [0.2, 0.25) is 5.02 Å². The van der Waals surface area contributed by atoms with Crippen molar-refractivity contribution in [2.75, 3.05) is 10.8 Å². The van der Waals surface area contributed by atoms with Gasteiger partial charge in [0, 0.05) is 5.02 Å². The maximum atomic E-state index is 13.7. The van der Waals surface area contributed by atoms with E-state index in [9.17, 15) is 13.2 Å². The van der Waals surface area contributed by atoms with Crippen molar-refractivity contribution in [2.24, 2.45) is 0 Å². The zero-order valence-corrected chi connectivity index (χ0v) is 20.7. The van der Waals surface area contributed by atoms with Gasteiger partial charge in [0.05, 0.1) is 16.6 Å². The molecule has 0 aliphatic heterocycles. The third-order valence-electron chi connectivity index (χ3n) is 5.63. The minimum atomic E-state index is -4.04. The number of nitrogens with one attached hydrogen (secondary N) is 1. The lowest BCUT2D eigenvalue weighted by molar-refractivity contribution is -0.120. The van der Waals surface area contributed by atoms with Crippen LogP contribution >= 0.6 is 11.6 Å². The maximum Gasteiger partial charge on any atom is 0.264 e. The Hall–Kier alpha value is -3.61. The second-order valence-corrected chi connectivity index (χ2v) is 10.4. The summed E-state index contributed by atoms with van der Waals surface area (Å²) >= 11 is 6.22. The van der Waals surface area contributed by atoms with E-state index in [1.165, 1.54) is 12.1 Å². The lowest BCUT2D eigenvalue weighted by atomic mass is 9.99. The third kappa shape index (κ3) is 5.73. The summed E-state index contributed by atoms with van der Waals surface area (Å²) < 4.78 is 28.4. The van der Waals surface area contributed by atoms with Gasteiger partial charge in [-0.2, -0.15) is 0 Å². The molecule has 0 radical (unpaired) electrons. The van der Waals surface area contributed by atoms with E-state index >= 15 is 0 Å². The first-order chi connectivity index (χ1) is 16.9. The number of carbonyl (C=O) groups excluding carboxylic acids is 1. The van der Waals surface area contributed by atoms with E-state index in [2.05, 4.69) is 5.32 Å².